The van der Waals surface area contributed by atoms with Crippen molar-refractivity contribution >= 4 is 21.8 Å². The molecule has 18 heavy (non-hydrogen) atoms. The third kappa shape index (κ3) is 4.71. The molecular weight excluding hydrogens is 250 g/mol. The van der Waals surface area contributed by atoms with Gasteiger partial charge in [0.05, 0.1) is 4.90 Å². The van der Waals surface area contributed by atoms with Crippen LogP contribution in [0.3, 0.4) is 0 Å². The van der Waals surface area contributed by atoms with Crippen LogP contribution in [-0.2, 0) is 14.6 Å². The van der Waals surface area contributed by atoms with Crippen LogP contribution in [0.5, 0.6) is 0 Å². The monoisotopic (exact) mass is 267 g/mol. The molecule has 1 aromatic rings. The number of hydrogen-bond acceptors (Lipinski definition) is 3. The second-order valence-electron chi connectivity index (χ2n) is 3.98. The summed E-state index contributed by atoms with van der Waals surface area (Å²) in [6, 6.07) is 6.83. The number of carbonyl (C=O) groups excluding carboxylic acids is 1. The van der Waals surface area contributed by atoms with E-state index >= 15 is 0 Å². The molecule has 0 fully saturated rings. The van der Waals surface area contributed by atoms with Gasteiger partial charge in [-0.25, -0.2) is 8.42 Å². The van der Waals surface area contributed by atoms with Crippen molar-refractivity contribution in [2.75, 3.05) is 12.8 Å². The van der Waals surface area contributed by atoms with Gasteiger partial charge < -0.3 is 5.32 Å². The number of nitrogens with one attached hydrogen (secondary N) is 1. The Morgan fingerprint density at radius 2 is 2.00 bits per heavy atom. The highest BCUT2D eigenvalue weighted by atomic mass is 32.2. The summed E-state index contributed by atoms with van der Waals surface area (Å²) in [5.41, 5.74) is 0.669. The zero-order valence-corrected chi connectivity index (χ0v) is 11.3. The van der Waals surface area contributed by atoms with Gasteiger partial charge >= 0.3 is 0 Å². The Balaban J connectivity index is 2.73. The van der Waals surface area contributed by atoms with Crippen LogP contribution in [0, 0.1) is 0 Å². The summed E-state index contributed by atoms with van der Waals surface area (Å²) in [6.07, 6.45) is 5.47. The zero-order chi connectivity index (χ0) is 13.6. The largest absolute Gasteiger partial charge is 0.356 e. The molecule has 1 rings (SSSR count). The highest BCUT2D eigenvalue weighted by Gasteiger charge is 2.09. The van der Waals surface area contributed by atoms with Crippen LogP contribution in [0.2, 0.25) is 0 Å². The average Bonchev–Trinajstić information content (AvgIpc) is 2.27. The summed E-state index contributed by atoms with van der Waals surface area (Å²) < 4.78 is 23.1. The Morgan fingerprint density at radius 1 is 1.33 bits per heavy atom. The van der Waals surface area contributed by atoms with Gasteiger partial charge in [-0.3, -0.25) is 4.79 Å². The molecule has 0 unspecified atom stereocenters. The Hall–Kier alpha value is -1.62. The summed E-state index contributed by atoms with van der Waals surface area (Å²) in [5.74, 6) is -0.0695. The second kappa shape index (κ2) is 6.35. The van der Waals surface area contributed by atoms with E-state index in [1.54, 1.807) is 30.3 Å². The molecular formula is C13H17NO3S. The third-order valence-electron chi connectivity index (χ3n) is 2.30. The van der Waals surface area contributed by atoms with E-state index in [9.17, 15) is 13.2 Å². The Labute approximate surface area is 108 Å². The summed E-state index contributed by atoms with van der Waals surface area (Å²) in [7, 11) is -3.21. The first-order chi connectivity index (χ1) is 8.41. The predicted molar refractivity (Wildman–Crippen MR) is 71.9 cm³/mol. The number of amides is 1. The molecule has 5 heteroatoms. The average molecular weight is 267 g/mol. The van der Waals surface area contributed by atoms with Gasteiger partial charge in [0.2, 0.25) is 5.91 Å². The van der Waals surface area contributed by atoms with Crippen LogP contribution < -0.4 is 5.32 Å². The smallest absolute Gasteiger partial charge is 0.216 e. The fourth-order valence-corrected chi connectivity index (χ4v) is 2.39. The lowest BCUT2D eigenvalue weighted by atomic mass is 10.2. The molecule has 1 aromatic carbocycles. The van der Waals surface area contributed by atoms with Crippen molar-refractivity contribution in [1.29, 1.82) is 0 Å². The standard InChI is InChI=1S/C13H17NO3S/c1-11(15)14-10-6-5-8-12-7-3-4-9-13(12)18(2,16)17/h3-5,7-9H,6,10H2,1-2H3,(H,14,15). The second-order valence-corrected chi connectivity index (χ2v) is 5.97. The molecule has 1 N–H and O–H groups in total. The zero-order valence-electron chi connectivity index (χ0n) is 10.5. The minimum absolute atomic E-state index is 0.0695. The van der Waals surface area contributed by atoms with E-state index in [-0.39, 0.29) is 5.91 Å². The minimum Gasteiger partial charge on any atom is -0.356 e. The first kappa shape index (κ1) is 14.4. The Kier molecular flexibility index (Phi) is 5.09. The van der Waals surface area contributed by atoms with Crippen molar-refractivity contribution in [1.82, 2.24) is 5.32 Å². The van der Waals surface area contributed by atoms with Gasteiger partial charge in [-0.15, -0.1) is 0 Å². The highest BCUT2D eigenvalue weighted by Crippen LogP contribution is 2.16. The van der Waals surface area contributed by atoms with Crippen LogP contribution in [0.15, 0.2) is 35.2 Å². The summed E-state index contributed by atoms with van der Waals surface area (Å²) >= 11 is 0. The normalized spacial score (nSPS) is 11.7. The van der Waals surface area contributed by atoms with Gasteiger partial charge in [-0.1, -0.05) is 30.4 Å². The van der Waals surface area contributed by atoms with Gasteiger partial charge in [0.25, 0.3) is 0 Å². The van der Waals surface area contributed by atoms with E-state index in [4.69, 9.17) is 0 Å². The van der Waals surface area contributed by atoms with Crippen molar-refractivity contribution in [2.45, 2.75) is 18.2 Å². The molecule has 0 radical (unpaired) electrons. The summed E-state index contributed by atoms with van der Waals surface area (Å²) in [4.78, 5) is 11.0. The van der Waals surface area contributed by atoms with E-state index in [0.717, 1.165) is 0 Å². The van der Waals surface area contributed by atoms with Crippen LogP contribution in [0.25, 0.3) is 6.08 Å². The number of hydrogen-bond donors (Lipinski definition) is 1. The fraction of sp³-hybridized carbons (Fsp3) is 0.308. The Bertz CT molecular complexity index is 547. The minimum atomic E-state index is -3.21. The molecule has 0 aliphatic rings. The van der Waals surface area contributed by atoms with Crippen LogP contribution in [-0.4, -0.2) is 27.1 Å². The van der Waals surface area contributed by atoms with Gasteiger partial charge in [0.15, 0.2) is 9.84 Å². The topological polar surface area (TPSA) is 63.2 Å². The Morgan fingerprint density at radius 3 is 2.61 bits per heavy atom. The van der Waals surface area contributed by atoms with Crippen LogP contribution in [0.1, 0.15) is 18.9 Å². The van der Waals surface area contributed by atoms with Crippen molar-refractivity contribution in [2.24, 2.45) is 0 Å². The molecule has 1 amide bonds. The number of sulfone groups is 1. The van der Waals surface area contributed by atoms with Gasteiger partial charge in [0, 0.05) is 19.7 Å². The van der Waals surface area contributed by atoms with Crippen molar-refractivity contribution in [3.8, 4) is 0 Å². The van der Waals surface area contributed by atoms with Crippen molar-refractivity contribution < 1.29 is 13.2 Å². The quantitative estimate of drug-likeness (QED) is 0.825. The molecule has 0 aliphatic heterocycles. The lowest BCUT2D eigenvalue weighted by molar-refractivity contribution is -0.118. The van der Waals surface area contributed by atoms with Gasteiger partial charge in [0.1, 0.15) is 0 Å². The molecule has 4 nitrogen and oxygen atoms in total. The van der Waals surface area contributed by atoms with E-state index in [1.165, 1.54) is 13.2 Å². The summed E-state index contributed by atoms with van der Waals surface area (Å²) in [6.45, 7) is 2.01. The van der Waals surface area contributed by atoms with Crippen LogP contribution >= 0.6 is 0 Å². The van der Waals surface area contributed by atoms with E-state index < -0.39 is 9.84 Å². The molecule has 0 heterocycles. The molecule has 0 saturated carbocycles. The van der Waals surface area contributed by atoms with Crippen molar-refractivity contribution in [3.05, 3.63) is 35.9 Å². The lowest BCUT2D eigenvalue weighted by Crippen LogP contribution is -2.20. The maximum Gasteiger partial charge on any atom is 0.216 e. The maximum atomic E-state index is 11.5. The molecule has 0 spiro atoms. The predicted octanol–water partition coefficient (Wildman–Crippen LogP) is 1.63. The third-order valence-corrected chi connectivity index (χ3v) is 3.47. The molecule has 0 aromatic heterocycles. The number of benzene rings is 1. The van der Waals surface area contributed by atoms with E-state index in [2.05, 4.69) is 5.32 Å². The fourth-order valence-electron chi connectivity index (χ4n) is 1.50. The maximum absolute atomic E-state index is 11.5. The van der Waals surface area contributed by atoms with Crippen molar-refractivity contribution in [3.63, 3.8) is 0 Å². The molecule has 0 atom stereocenters. The molecule has 0 aliphatic carbocycles. The van der Waals surface area contributed by atoms with Gasteiger partial charge in [-0.05, 0) is 18.1 Å². The van der Waals surface area contributed by atoms with E-state index in [0.29, 0.717) is 23.4 Å². The molecule has 0 bridgehead atoms. The molecule has 98 valence electrons. The summed E-state index contributed by atoms with van der Waals surface area (Å²) in [5, 5.41) is 2.67. The number of carbonyl (C=O) groups is 1. The first-order valence-corrected chi connectivity index (χ1v) is 7.50. The lowest BCUT2D eigenvalue weighted by Gasteiger charge is -2.03. The van der Waals surface area contributed by atoms with Crippen LogP contribution in [0.4, 0.5) is 0 Å². The SMILES string of the molecule is CC(=O)NCCC=Cc1ccccc1S(C)(=O)=O. The first-order valence-electron chi connectivity index (χ1n) is 5.61. The number of rotatable bonds is 5. The van der Waals surface area contributed by atoms with Gasteiger partial charge in [-0.2, -0.15) is 0 Å². The van der Waals surface area contributed by atoms with E-state index in [1.807, 2.05) is 6.08 Å². The molecule has 0 saturated heterocycles. The highest BCUT2D eigenvalue weighted by molar-refractivity contribution is 7.90.